The summed E-state index contributed by atoms with van der Waals surface area (Å²) in [4.78, 5) is 35.3. The van der Waals surface area contributed by atoms with Gasteiger partial charge in [-0.15, -0.1) is 0 Å². The third-order valence-corrected chi connectivity index (χ3v) is 5.43. The standard InChI is InChI=1S/C23H22N4O6/c1-27-18(21(29)24-11-19(28)22(30)31)10-20(26-27)25-23(32)33-12-17-15-8-4-2-6-13(15)14-7-3-5-9-16(14)17/h2-10,17,19,28H,11-12H2,1H3,(H,24,29)(H,30,31)(H,25,26,32)/t19-/m0/s1. The molecule has 0 spiro atoms. The number of hydrogen-bond acceptors (Lipinski definition) is 6. The van der Waals surface area contributed by atoms with E-state index in [1.54, 1.807) is 0 Å². The molecule has 33 heavy (non-hydrogen) atoms. The highest BCUT2D eigenvalue weighted by atomic mass is 16.5. The van der Waals surface area contributed by atoms with Gasteiger partial charge in [0.25, 0.3) is 5.91 Å². The van der Waals surface area contributed by atoms with Gasteiger partial charge in [0.1, 0.15) is 12.3 Å². The number of amides is 2. The zero-order valence-corrected chi connectivity index (χ0v) is 17.7. The minimum absolute atomic E-state index is 0.0709. The quantitative estimate of drug-likeness (QED) is 0.431. The van der Waals surface area contributed by atoms with E-state index in [2.05, 4.69) is 15.7 Å². The number of carbonyl (C=O) groups is 3. The number of benzene rings is 2. The van der Waals surface area contributed by atoms with Gasteiger partial charge < -0.3 is 20.3 Å². The Balaban J connectivity index is 1.38. The molecule has 0 bridgehead atoms. The number of fused-ring (bicyclic) bond motifs is 3. The highest BCUT2D eigenvalue weighted by molar-refractivity contribution is 5.94. The first-order valence-electron chi connectivity index (χ1n) is 10.2. The molecule has 2 amide bonds. The van der Waals surface area contributed by atoms with Crippen LogP contribution in [0.4, 0.5) is 10.6 Å². The Morgan fingerprint density at radius 1 is 1.09 bits per heavy atom. The number of aromatic nitrogens is 2. The van der Waals surface area contributed by atoms with E-state index in [1.165, 1.54) is 17.8 Å². The van der Waals surface area contributed by atoms with Crippen LogP contribution in [0.5, 0.6) is 0 Å². The third kappa shape index (κ3) is 4.55. The molecule has 0 unspecified atom stereocenters. The van der Waals surface area contributed by atoms with Gasteiger partial charge in [0.05, 0.1) is 6.54 Å². The second kappa shape index (κ2) is 9.13. The van der Waals surface area contributed by atoms with Crippen molar-refractivity contribution in [2.45, 2.75) is 12.0 Å². The Bertz CT molecular complexity index is 1180. The maximum atomic E-state index is 12.4. The first kappa shape index (κ1) is 22.0. The van der Waals surface area contributed by atoms with Crippen LogP contribution < -0.4 is 10.6 Å². The molecule has 0 fully saturated rings. The summed E-state index contributed by atoms with van der Waals surface area (Å²) in [6.07, 6.45) is -2.44. The predicted molar refractivity (Wildman–Crippen MR) is 118 cm³/mol. The third-order valence-electron chi connectivity index (χ3n) is 5.43. The predicted octanol–water partition coefficient (Wildman–Crippen LogP) is 1.96. The van der Waals surface area contributed by atoms with Crippen LogP contribution in [0.2, 0.25) is 0 Å². The summed E-state index contributed by atoms with van der Waals surface area (Å²) in [6, 6.07) is 17.3. The average molecular weight is 450 g/mol. The maximum Gasteiger partial charge on any atom is 0.412 e. The van der Waals surface area contributed by atoms with Crippen molar-refractivity contribution in [1.29, 1.82) is 0 Å². The highest BCUT2D eigenvalue weighted by Gasteiger charge is 2.29. The van der Waals surface area contributed by atoms with E-state index in [0.29, 0.717) is 0 Å². The summed E-state index contributed by atoms with van der Waals surface area (Å²) in [6.45, 7) is -0.332. The van der Waals surface area contributed by atoms with Crippen LogP contribution in [0.3, 0.4) is 0 Å². The van der Waals surface area contributed by atoms with E-state index in [-0.39, 0.29) is 24.0 Å². The molecule has 3 aromatic rings. The number of nitrogens with one attached hydrogen (secondary N) is 2. The SMILES string of the molecule is Cn1nc(NC(=O)OCC2c3ccccc3-c3ccccc32)cc1C(=O)NC[C@H](O)C(=O)O. The summed E-state index contributed by atoms with van der Waals surface area (Å²) in [5.41, 5.74) is 4.49. The van der Waals surface area contributed by atoms with Gasteiger partial charge in [-0.1, -0.05) is 48.5 Å². The van der Waals surface area contributed by atoms with Crippen molar-refractivity contribution in [3.05, 3.63) is 71.4 Å². The number of carbonyl (C=O) groups excluding carboxylic acids is 2. The second-order valence-electron chi connectivity index (χ2n) is 7.55. The molecule has 1 atom stereocenters. The fourth-order valence-corrected chi connectivity index (χ4v) is 3.85. The first-order valence-corrected chi connectivity index (χ1v) is 10.2. The van der Waals surface area contributed by atoms with Gasteiger partial charge in [-0.05, 0) is 22.3 Å². The Morgan fingerprint density at radius 2 is 1.70 bits per heavy atom. The smallest absolute Gasteiger partial charge is 0.412 e. The average Bonchev–Trinajstić information content (AvgIpc) is 3.33. The monoisotopic (exact) mass is 450 g/mol. The van der Waals surface area contributed by atoms with E-state index in [0.717, 1.165) is 22.3 Å². The number of aliphatic hydroxyl groups excluding tert-OH is 1. The van der Waals surface area contributed by atoms with Crippen LogP contribution in [0.1, 0.15) is 27.5 Å². The molecule has 1 aliphatic rings. The van der Waals surface area contributed by atoms with Gasteiger partial charge in [0, 0.05) is 19.0 Å². The van der Waals surface area contributed by atoms with Crippen molar-refractivity contribution in [3.8, 4) is 11.1 Å². The number of nitrogens with zero attached hydrogens (tertiary/aromatic N) is 2. The van der Waals surface area contributed by atoms with E-state index in [4.69, 9.17) is 9.84 Å². The lowest BCUT2D eigenvalue weighted by molar-refractivity contribution is -0.146. The number of anilines is 1. The molecule has 4 N–H and O–H groups in total. The van der Waals surface area contributed by atoms with Crippen molar-refractivity contribution >= 4 is 23.8 Å². The number of hydrogen-bond donors (Lipinski definition) is 4. The lowest BCUT2D eigenvalue weighted by Gasteiger charge is -2.14. The zero-order valence-electron chi connectivity index (χ0n) is 17.7. The minimum Gasteiger partial charge on any atom is -0.479 e. The van der Waals surface area contributed by atoms with Gasteiger partial charge in [0.15, 0.2) is 11.9 Å². The Morgan fingerprint density at radius 3 is 2.30 bits per heavy atom. The van der Waals surface area contributed by atoms with Crippen molar-refractivity contribution in [2.24, 2.45) is 7.05 Å². The molecule has 0 radical (unpaired) electrons. The van der Waals surface area contributed by atoms with Crippen LogP contribution >= 0.6 is 0 Å². The van der Waals surface area contributed by atoms with Crippen LogP contribution in [-0.2, 0) is 16.6 Å². The fourth-order valence-electron chi connectivity index (χ4n) is 3.85. The van der Waals surface area contributed by atoms with Gasteiger partial charge in [0.2, 0.25) is 0 Å². The largest absolute Gasteiger partial charge is 0.479 e. The van der Waals surface area contributed by atoms with Gasteiger partial charge in [-0.2, -0.15) is 5.10 Å². The van der Waals surface area contributed by atoms with E-state index in [1.807, 2.05) is 48.5 Å². The van der Waals surface area contributed by atoms with Crippen LogP contribution in [0.25, 0.3) is 11.1 Å². The molecular weight excluding hydrogens is 428 g/mol. The highest BCUT2D eigenvalue weighted by Crippen LogP contribution is 2.44. The molecule has 1 aromatic heterocycles. The summed E-state index contributed by atoms with van der Waals surface area (Å²) >= 11 is 0. The van der Waals surface area contributed by atoms with E-state index < -0.39 is 30.6 Å². The molecule has 10 nitrogen and oxygen atoms in total. The van der Waals surface area contributed by atoms with Gasteiger partial charge in [-0.25, -0.2) is 9.59 Å². The van der Waals surface area contributed by atoms with Gasteiger partial charge >= 0.3 is 12.1 Å². The molecule has 4 rings (SSSR count). The second-order valence-corrected chi connectivity index (χ2v) is 7.55. The summed E-state index contributed by atoms with van der Waals surface area (Å²) in [5, 5.41) is 26.8. The molecule has 2 aromatic carbocycles. The van der Waals surface area contributed by atoms with Crippen molar-refractivity contribution in [2.75, 3.05) is 18.5 Å². The van der Waals surface area contributed by atoms with Crippen LogP contribution in [-0.4, -0.2) is 57.2 Å². The number of aliphatic hydroxyl groups is 1. The maximum absolute atomic E-state index is 12.4. The Labute approximate surface area is 188 Å². The first-order chi connectivity index (χ1) is 15.8. The molecule has 1 aliphatic carbocycles. The number of rotatable bonds is 7. The van der Waals surface area contributed by atoms with E-state index >= 15 is 0 Å². The van der Waals surface area contributed by atoms with E-state index in [9.17, 15) is 19.5 Å². The summed E-state index contributed by atoms with van der Waals surface area (Å²) in [7, 11) is 1.49. The molecule has 0 saturated carbocycles. The molecule has 10 heteroatoms. The summed E-state index contributed by atoms with van der Waals surface area (Å²) in [5.74, 6) is -2.09. The molecule has 1 heterocycles. The number of carboxylic acids is 1. The number of aliphatic carboxylic acids is 1. The number of aryl methyl sites for hydroxylation is 1. The Hall–Kier alpha value is -4.18. The topological polar surface area (TPSA) is 143 Å². The fraction of sp³-hybridized carbons (Fsp3) is 0.217. The molecular formula is C23H22N4O6. The van der Waals surface area contributed by atoms with Crippen LogP contribution in [0, 0.1) is 0 Å². The molecule has 0 saturated heterocycles. The van der Waals surface area contributed by atoms with Crippen molar-refractivity contribution in [1.82, 2.24) is 15.1 Å². The summed E-state index contributed by atoms with van der Waals surface area (Å²) < 4.78 is 6.68. The normalized spacial score (nSPS) is 13.0. The van der Waals surface area contributed by atoms with Crippen LogP contribution in [0.15, 0.2) is 54.6 Å². The zero-order chi connectivity index (χ0) is 23.5. The molecule has 0 aliphatic heterocycles. The van der Waals surface area contributed by atoms with Crippen molar-refractivity contribution < 1.29 is 29.3 Å². The lowest BCUT2D eigenvalue weighted by Crippen LogP contribution is -2.37. The number of carboxylic acid groups (broad SMARTS) is 1. The minimum atomic E-state index is -1.72. The Kier molecular flexibility index (Phi) is 6.09. The number of ether oxygens (including phenoxy) is 1. The van der Waals surface area contributed by atoms with Gasteiger partial charge in [-0.3, -0.25) is 14.8 Å². The lowest BCUT2D eigenvalue weighted by atomic mass is 9.98. The van der Waals surface area contributed by atoms with Crippen molar-refractivity contribution in [3.63, 3.8) is 0 Å². The molecule has 170 valence electrons.